The van der Waals surface area contributed by atoms with Gasteiger partial charge in [-0.3, -0.25) is 9.89 Å². The van der Waals surface area contributed by atoms with Crippen LogP contribution in [0.5, 0.6) is 5.75 Å². The number of ether oxygens (including phenoxy) is 2. The number of aliphatic imine (C=N–C) groups is 1. The van der Waals surface area contributed by atoms with Crippen molar-refractivity contribution in [3.63, 3.8) is 0 Å². The maximum absolute atomic E-state index is 5.43. The van der Waals surface area contributed by atoms with Crippen LogP contribution in [-0.2, 0) is 11.2 Å². The highest BCUT2D eigenvalue weighted by molar-refractivity contribution is 14.0. The Hall–Kier alpha value is -1.78. The molecule has 178 valence electrons. The summed E-state index contributed by atoms with van der Waals surface area (Å²) in [5.41, 5.74) is 1.31. The van der Waals surface area contributed by atoms with Gasteiger partial charge in [0, 0.05) is 45.7 Å². The molecule has 1 aliphatic heterocycles. The van der Waals surface area contributed by atoms with Crippen LogP contribution in [0.15, 0.2) is 52.1 Å². The van der Waals surface area contributed by atoms with Crippen LogP contribution in [-0.4, -0.2) is 70.5 Å². The van der Waals surface area contributed by atoms with Gasteiger partial charge in [-0.25, -0.2) is 0 Å². The number of morpholine rings is 1. The first-order valence-electron chi connectivity index (χ1n) is 11.2. The van der Waals surface area contributed by atoms with Gasteiger partial charge in [0.15, 0.2) is 5.96 Å². The Morgan fingerprint density at radius 1 is 1.12 bits per heavy atom. The number of halogens is 1. The zero-order valence-corrected chi connectivity index (χ0v) is 21.5. The Morgan fingerprint density at radius 2 is 1.88 bits per heavy atom. The molecule has 7 nitrogen and oxygen atoms in total. The van der Waals surface area contributed by atoms with E-state index in [0.29, 0.717) is 5.92 Å². The Balaban J connectivity index is 0.00000363. The van der Waals surface area contributed by atoms with E-state index in [1.165, 1.54) is 5.56 Å². The molecule has 1 atom stereocenters. The molecular weight excluding hydrogens is 519 g/mol. The van der Waals surface area contributed by atoms with Crippen molar-refractivity contribution in [1.82, 2.24) is 15.5 Å². The van der Waals surface area contributed by atoms with E-state index in [0.717, 1.165) is 82.8 Å². The number of benzene rings is 1. The number of guanidine groups is 1. The van der Waals surface area contributed by atoms with E-state index in [4.69, 9.17) is 18.9 Å². The van der Waals surface area contributed by atoms with Gasteiger partial charge in [-0.15, -0.1) is 24.0 Å². The predicted octanol–water partition coefficient (Wildman–Crippen LogP) is 3.51. The number of rotatable bonds is 11. The molecule has 8 heteroatoms. The second-order valence-electron chi connectivity index (χ2n) is 7.83. The minimum absolute atomic E-state index is 0. The molecule has 2 aromatic rings. The molecule has 3 rings (SSSR count). The fourth-order valence-corrected chi connectivity index (χ4v) is 3.56. The summed E-state index contributed by atoms with van der Waals surface area (Å²) in [6.45, 7) is 9.29. The molecule has 0 bridgehead atoms. The molecule has 2 heterocycles. The van der Waals surface area contributed by atoms with Crippen LogP contribution >= 0.6 is 24.0 Å². The predicted molar refractivity (Wildman–Crippen MR) is 139 cm³/mol. The molecule has 0 amide bonds. The lowest BCUT2D eigenvalue weighted by atomic mass is 9.98. The van der Waals surface area contributed by atoms with Gasteiger partial charge in [-0.1, -0.05) is 19.1 Å². The molecule has 0 aliphatic carbocycles. The molecule has 32 heavy (non-hydrogen) atoms. The molecule has 0 saturated carbocycles. The molecule has 1 aromatic heterocycles. The Labute approximate surface area is 209 Å². The van der Waals surface area contributed by atoms with Crippen molar-refractivity contribution in [2.75, 3.05) is 59.6 Å². The summed E-state index contributed by atoms with van der Waals surface area (Å²) in [7, 11) is 1.69. The van der Waals surface area contributed by atoms with Gasteiger partial charge in [0.05, 0.1) is 26.6 Å². The Bertz CT molecular complexity index is 762. The molecule has 1 aromatic carbocycles. The van der Waals surface area contributed by atoms with Crippen molar-refractivity contribution in [1.29, 1.82) is 0 Å². The van der Waals surface area contributed by atoms with Crippen molar-refractivity contribution in [2.24, 2.45) is 4.99 Å². The molecule has 1 fully saturated rings. The lowest BCUT2D eigenvalue weighted by molar-refractivity contribution is 0.0389. The van der Waals surface area contributed by atoms with Crippen LogP contribution in [0.2, 0.25) is 0 Å². The number of nitrogens with one attached hydrogen (secondary N) is 2. The molecule has 1 saturated heterocycles. The first-order valence-corrected chi connectivity index (χ1v) is 11.2. The molecule has 1 unspecified atom stereocenters. The number of nitrogens with zero attached hydrogens (tertiary/aromatic N) is 2. The number of hydrogen-bond acceptors (Lipinski definition) is 5. The zero-order chi connectivity index (χ0) is 21.7. The maximum Gasteiger partial charge on any atom is 0.191 e. The Kier molecular flexibility index (Phi) is 12.5. The van der Waals surface area contributed by atoms with Crippen LogP contribution in [0.1, 0.15) is 30.6 Å². The molecule has 1 aliphatic rings. The summed E-state index contributed by atoms with van der Waals surface area (Å²) in [4.78, 5) is 7.24. The Morgan fingerprint density at radius 3 is 2.56 bits per heavy atom. The summed E-state index contributed by atoms with van der Waals surface area (Å²) < 4.78 is 16.1. The summed E-state index contributed by atoms with van der Waals surface area (Å²) in [5, 5.41) is 6.93. The third-order valence-electron chi connectivity index (χ3n) is 5.58. The lowest BCUT2D eigenvalue weighted by Gasteiger charge is -2.26. The topological polar surface area (TPSA) is 71.3 Å². The summed E-state index contributed by atoms with van der Waals surface area (Å²) in [5.74, 6) is 3.17. The first kappa shape index (κ1) is 26.5. The highest BCUT2D eigenvalue weighted by Gasteiger charge is 2.10. The zero-order valence-electron chi connectivity index (χ0n) is 19.2. The van der Waals surface area contributed by atoms with E-state index in [9.17, 15) is 0 Å². The van der Waals surface area contributed by atoms with Gasteiger partial charge in [0.25, 0.3) is 0 Å². The van der Waals surface area contributed by atoms with Crippen molar-refractivity contribution in [3.05, 3.63) is 54.0 Å². The van der Waals surface area contributed by atoms with Crippen LogP contribution < -0.4 is 15.4 Å². The van der Waals surface area contributed by atoms with Gasteiger partial charge < -0.3 is 24.5 Å². The number of furan rings is 1. The second-order valence-corrected chi connectivity index (χ2v) is 7.83. The normalized spacial score (nSPS) is 15.6. The first-order chi connectivity index (χ1) is 15.2. The minimum Gasteiger partial charge on any atom is -0.497 e. The van der Waals surface area contributed by atoms with Gasteiger partial charge in [-0.2, -0.15) is 0 Å². The summed E-state index contributed by atoms with van der Waals surface area (Å²) in [6, 6.07) is 12.2. The minimum atomic E-state index is 0. The van der Waals surface area contributed by atoms with Crippen LogP contribution in [0.25, 0.3) is 0 Å². The van der Waals surface area contributed by atoms with E-state index < -0.39 is 0 Å². The van der Waals surface area contributed by atoms with E-state index in [-0.39, 0.29) is 24.0 Å². The second kappa shape index (κ2) is 15.1. The van der Waals surface area contributed by atoms with Crippen molar-refractivity contribution >= 4 is 29.9 Å². The van der Waals surface area contributed by atoms with Gasteiger partial charge in [-0.05, 0) is 42.2 Å². The van der Waals surface area contributed by atoms with Crippen LogP contribution in [0.4, 0.5) is 0 Å². The molecule has 0 radical (unpaired) electrons. The lowest BCUT2D eigenvalue weighted by Crippen LogP contribution is -2.44. The third kappa shape index (κ3) is 9.38. The number of hydrogen-bond donors (Lipinski definition) is 2. The van der Waals surface area contributed by atoms with E-state index in [1.807, 2.05) is 24.3 Å². The SMILES string of the molecule is COc1ccc(C(C)CCN=C(NCCc2ccco2)NCCN2CCOCC2)cc1.I. The van der Waals surface area contributed by atoms with Crippen molar-refractivity contribution in [2.45, 2.75) is 25.7 Å². The number of methoxy groups -OCH3 is 1. The van der Waals surface area contributed by atoms with Gasteiger partial charge in [0.1, 0.15) is 11.5 Å². The van der Waals surface area contributed by atoms with Crippen LogP contribution in [0, 0.1) is 0 Å². The monoisotopic (exact) mass is 556 g/mol. The van der Waals surface area contributed by atoms with E-state index >= 15 is 0 Å². The summed E-state index contributed by atoms with van der Waals surface area (Å²) >= 11 is 0. The fourth-order valence-electron chi connectivity index (χ4n) is 3.56. The smallest absolute Gasteiger partial charge is 0.191 e. The molecule has 0 spiro atoms. The van der Waals surface area contributed by atoms with E-state index in [1.54, 1.807) is 13.4 Å². The van der Waals surface area contributed by atoms with E-state index in [2.05, 4.69) is 34.6 Å². The van der Waals surface area contributed by atoms with Crippen LogP contribution in [0.3, 0.4) is 0 Å². The van der Waals surface area contributed by atoms with Gasteiger partial charge >= 0.3 is 0 Å². The highest BCUT2D eigenvalue weighted by atomic mass is 127. The van der Waals surface area contributed by atoms with Crippen molar-refractivity contribution in [3.8, 4) is 5.75 Å². The quantitative estimate of drug-likeness (QED) is 0.251. The maximum atomic E-state index is 5.43. The summed E-state index contributed by atoms with van der Waals surface area (Å²) in [6.07, 6.45) is 3.53. The largest absolute Gasteiger partial charge is 0.497 e. The van der Waals surface area contributed by atoms with Crippen molar-refractivity contribution < 1.29 is 13.9 Å². The average molecular weight is 556 g/mol. The third-order valence-corrected chi connectivity index (χ3v) is 5.58. The fraction of sp³-hybridized carbons (Fsp3) is 0.542. The molecule has 2 N–H and O–H groups in total. The van der Waals surface area contributed by atoms with Gasteiger partial charge in [0.2, 0.25) is 0 Å². The highest BCUT2D eigenvalue weighted by Crippen LogP contribution is 2.21. The standard InChI is InChI=1S/C24H36N4O3.HI/c1-20(21-5-7-22(29-2)8-6-21)9-11-25-24(26-12-10-23-4-3-17-31-23)27-13-14-28-15-18-30-19-16-28;/h3-8,17,20H,9-16,18-19H2,1-2H3,(H2,25,26,27);1H. The molecular formula is C24H37IN4O3. The average Bonchev–Trinajstić information content (AvgIpc) is 3.33.